The molecule has 0 amide bonds. The molecule has 0 aromatic heterocycles. The molecule has 0 aliphatic heterocycles. The van der Waals surface area contributed by atoms with E-state index in [4.69, 9.17) is 38.5 Å². The Morgan fingerprint density at radius 1 is 1.25 bits per heavy atom. The average Bonchev–Trinajstić information content (AvgIpc) is 2.35. The maximum absolute atomic E-state index is 12.0. The van der Waals surface area contributed by atoms with Crippen LogP contribution >= 0.6 is 23.2 Å². The molecule has 0 aliphatic rings. The molecule has 10 heteroatoms. The minimum absolute atomic E-state index is 0.206. The van der Waals surface area contributed by atoms with Crippen molar-refractivity contribution in [3.63, 3.8) is 0 Å². The van der Waals surface area contributed by atoms with Crippen LogP contribution in [-0.2, 0) is 10.0 Å². The molecule has 1 aromatic rings. The number of carboxylic acid groups (broad SMARTS) is 1. The Morgan fingerprint density at radius 2 is 1.80 bits per heavy atom. The Bertz CT molecular complexity index is 614. The summed E-state index contributed by atoms with van der Waals surface area (Å²) in [5.41, 5.74) is -0.541. The first-order valence-corrected chi connectivity index (χ1v) is 7.43. The second-order valence-corrected chi connectivity index (χ2v) is 6.19. The molecular weight excluding hydrogens is 333 g/mol. The first-order valence-electron chi connectivity index (χ1n) is 5.20. The summed E-state index contributed by atoms with van der Waals surface area (Å²) in [7, 11) is -4.21. The van der Waals surface area contributed by atoms with E-state index in [1.807, 2.05) is 4.72 Å². The van der Waals surface area contributed by atoms with Gasteiger partial charge in [-0.3, -0.25) is 0 Å². The van der Waals surface area contributed by atoms with E-state index in [0.29, 0.717) is 0 Å². The lowest BCUT2D eigenvalue weighted by Gasteiger charge is -2.15. The van der Waals surface area contributed by atoms with Crippen molar-refractivity contribution in [2.75, 3.05) is 13.2 Å². The highest BCUT2D eigenvalue weighted by Crippen LogP contribution is 2.31. The van der Waals surface area contributed by atoms with Crippen molar-refractivity contribution in [2.24, 2.45) is 0 Å². The predicted octanol–water partition coefficient (Wildman–Crippen LogP) is 0.323. The zero-order valence-corrected chi connectivity index (χ0v) is 12.2. The van der Waals surface area contributed by atoms with Crippen molar-refractivity contribution in [2.45, 2.75) is 10.9 Å². The predicted molar refractivity (Wildman–Crippen MR) is 71.7 cm³/mol. The summed E-state index contributed by atoms with van der Waals surface area (Å²) in [5.74, 6) is -1.47. The van der Waals surface area contributed by atoms with E-state index in [2.05, 4.69) is 0 Å². The van der Waals surface area contributed by atoms with Crippen molar-refractivity contribution in [1.29, 1.82) is 0 Å². The third-order valence-corrected chi connectivity index (χ3v) is 4.70. The SMILES string of the molecule is O=C(O)c1c(Cl)ccc(S(=O)(=O)NC(CO)CO)c1Cl. The number of carboxylic acids is 1. The van der Waals surface area contributed by atoms with Gasteiger partial charge < -0.3 is 15.3 Å². The van der Waals surface area contributed by atoms with Crippen LogP contribution in [0.4, 0.5) is 0 Å². The van der Waals surface area contributed by atoms with Crippen LogP contribution in [0.15, 0.2) is 17.0 Å². The van der Waals surface area contributed by atoms with Crippen molar-refractivity contribution in [1.82, 2.24) is 4.72 Å². The molecule has 112 valence electrons. The van der Waals surface area contributed by atoms with Crippen molar-refractivity contribution >= 4 is 39.2 Å². The number of aromatic carboxylic acids is 1. The first-order chi connectivity index (χ1) is 9.24. The van der Waals surface area contributed by atoms with Crippen LogP contribution in [0.3, 0.4) is 0 Å². The number of carbonyl (C=O) groups is 1. The smallest absolute Gasteiger partial charge is 0.338 e. The number of sulfonamides is 1. The Morgan fingerprint density at radius 3 is 2.25 bits per heavy atom. The summed E-state index contributed by atoms with van der Waals surface area (Å²) in [5, 5.41) is 25.9. The van der Waals surface area contributed by atoms with Crippen LogP contribution in [-0.4, -0.2) is 49.0 Å². The first kappa shape index (κ1) is 17.2. The van der Waals surface area contributed by atoms with E-state index >= 15 is 0 Å². The van der Waals surface area contributed by atoms with Crippen LogP contribution in [0.5, 0.6) is 0 Å². The largest absolute Gasteiger partial charge is 0.478 e. The van der Waals surface area contributed by atoms with Gasteiger partial charge >= 0.3 is 5.97 Å². The van der Waals surface area contributed by atoms with Gasteiger partial charge in [-0.1, -0.05) is 23.2 Å². The molecule has 0 unspecified atom stereocenters. The van der Waals surface area contributed by atoms with Gasteiger partial charge in [-0.05, 0) is 12.1 Å². The fourth-order valence-electron chi connectivity index (χ4n) is 1.35. The number of aliphatic hydroxyl groups excluding tert-OH is 2. The molecule has 0 aliphatic carbocycles. The summed E-state index contributed by atoms with van der Waals surface area (Å²) in [6, 6.07) is 0.990. The summed E-state index contributed by atoms with van der Waals surface area (Å²) in [6.07, 6.45) is 0. The molecule has 0 bridgehead atoms. The minimum atomic E-state index is -4.21. The molecule has 1 aromatic carbocycles. The molecule has 0 saturated carbocycles. The van der Waals surface area contributed by atoms with Crippen molar-refractivity contribution in [3.05, 3.63) is 27.7 Å². The number of aliphatic hydroxyl groups is 2. The number of rotatable bonds is 6. The lowest BCUT2D eigenvalue weighted by atomic mass is 10.2. The topological polar surface area (TPSA) is 124 Å². The minimum Gasteiger partial charge on any atom is -0.478 e. The van der Waals surface area contributed by atoms with Crippen LogP contribution in [0.25, 0.3) is 0 Å². The third-order valence-electron chi connectivity index (χ3n) is 2.32. The van der Waals surface area contributed by atoms with Crippen LogP contribution < -0.4 is 4.72 Å². The summed E-state index contributed by atoms with van der Waals surface area (Å²) in [6.45, 7) is -1.26. The Hall–Kier alpha value is -0.900. The molecule has 0 radical (unpaired) electrons. The molecule has 0 atom stereocenters. The Labute approximate surface area is 124 Å². The average molecular weight is 344 g/mol. The van der Waals surface area contributed by atoms with Crippen molar-refractivity contribution < 1.29 is 28.5 Å². The Kier molecular flexibility index (Phi) is 5.75. The quantitative estimate of drug-likeness (QED) is 0.589. The second kappa shape index (κ2) is 6.70. The van der Waals surface area contributed by atoms with Gasteiger partial charge in [0.05, 0.1) is 34.9 Å². The van der Waals surface area contributed by atoms with Gasteiger partial charge in [0.15, 0.2) is 0 Å². The fourth-order valence-corrected chi connectivity index (χ4v) is 3.49. The fraction of sp³-hybridized carbons (Fsp3) is 0.300. The van der Waals surface area contributed by atoms with E-state index in [1.54, 1.807) is 0 Å². The standard InChI is InChI=1S/C10H11Cl2NO6S/c11-6-1-2-7(9(12)8(6)10(16)17)20(18,19)13-5(3-14)4-15/h1-2,5,13-15H,3-4H2,(H,16,17). The number of halogens is 2. The summed E-state index contributed by atoms with van der Waals surface area (Å²) in [4.78, 5) is 10.5. The van der Waals surface area contributed by atoms with E-state index in [1.165, 1.54) is 0 Å². The summed E-state index contributed by atoms with van der Waals surface area (Å²) < 4.78 is 26.0. The van der Waals surface area contributed by atoms with Crippen LogP contribution in [0.2, 0.25) is 10.0 Å². The molecule has 4 N–H and O–H groups in total. The van der Waals surface area contributed by atoms with E-state index in [9.17, 15) is 13.2 Å². The zero-order chi connectivity index (χ0) is 15.5. The molecular formula is C10H11Cl2NO6S. The molecule has 20 heavy (non-hydrogen) atoms. The van der Waals surface area contributed by atoms with Gasteiger partial charge in [0.1, 0.15) is 4.90 Å². The lowest BCUT2D eigenvalue weighted by molar-refractivity contribution is 0.0697. The van der Waals surface area contributed by atoms with Crippen LogP contribution in [0, 0.1) is 0 Å². The second-order valence-electron chi connectivity index (χ2n) is 3.72. The number of nitrogens with one attached hydrogen (secondary N) is 1. The highest BCUT2D eigenvalue weighted by molar-refractivity contribution is 7.89. The van der Waals surface area contributed by atoms with Crippen LogP contribution in [0.1, 0.15) is 10.4 Å². The maximum Gasteiger partial charge on any atom is 0.338 e. The maximum atomic E-state index is 12.0. The molecule has 0 spiro atoms. The van der Waals surface area contributed by atoms with E-state index in [0.717, 1.165) is 12.1 Å². The number of hydrogen-bond donors (Lipinski definition) is 4. The van der Waals surface area contributed by atoms with Gasteiger partial charge in [-0.25, -0.2) is 17.9 Å². The molecule has 1 rings (SSSR count). The zero-order valence-electron chi connectivity index (χ0n) is 9.88. The van der Waals surface area contributed by atoms with Gasteiger partial charge in [0.25, 0.3) is 0 Å². The molecule has 0 saturated heterocycles. The highest BCUT2D eigenvalue weighted by Gasteiger charge is 2.26. The molecule has 0 fully saturated rings. The van der Waals surface area contributed by atoms with Gasteiger partial charge in [0.2, 0.25) is 10.0 Å². The summed E-state index contributed by atoms with van der Waals surface area (Å²) >= 11 is 11.4. The van der Waals surface area contributed by atoms with Gasteiger partial charge in [0, 0.05) is 0 Å². The van der Waals surface area contributed by atoms with Gasteiger partial charge in [-0.15, -0.1) is 0 Å². The van der Waals surface area contributed by atoms with Gasteiger partial charge in [-0.2, -0.15) is 0 Å². The number of benzene rings is 1. The lowest BCUT2D eigenvalue weighted by Crippen LogP contribution is -2.40. The van der Waals surface area contributed by atoms with E-state index < -0.39 is 50.7 Å². The monoisotopic (exact) mass is 343 g/mol. The van der Waals surface area contributed by atoms with E-state index in [-0.39, 0.29) is 5.02 Å². The van der Waals surface area contributed by atoms with Crippen molar-refractivity contribution in [3.8, 4) is 0 Å². The molecule has 0 heterocycles. The number of hydrogen-bond acceptors (Lipinski definition) is 5. The molecule has 7 nitrogen and oxygen atoms in total. The Balaban J connectivity index is 3.33. The third kappa shape index (κ3) is 3.60. The highest BCUT2D eigenvalue weighted by atomic mass is 35.5. The normalized spacial score (nSPS) is 11.8.